The van der Waals surface area contributed by atoms with Gasteiger partial charge in [0.15, 0.2) is 11.5 Å². The van der Waals surface area contributed by atoms with E-state index in [2.05, 4.69) is 5.32 Å². The maximum atomic E-state index is 14.1. The van der Waals surface area contributed by atoms with Crippen LogP contribution < -0.4 is 14.8 Å². The van der Waals surface area contributed by atoms with Crippen LogP contribution in [0.1, 0.15) is 34.7 Å². The molecule has 27 heavy (non-hydrogen) atoms. The molecule has 0 saturated carbocycles. The van der Waals surface area contributed by atoms with Crippen LogP contribution in [0.25, 0.3) is 0 Å². The van der Waals surface area contributed by atoms with E-state index in [-0.39, 0.29) is 11.6 Å². The van der Waals surface area contributed by atoms with Gasteiger partial charge >= 0.3 is 6.18 Å². The molecule has 7 heteroatoms. The lowest BCUT2D eigenvalue weighted by molar-refractivity contribution is -0.137. The normalized spacial score (nSPS) is 16.7. The highest BCUT2D eigenvalue weighted by Gasteiger charge is 2.31. The highest BCUT2D eigenvalue weighted by Crippen LogP contribution is 2.37. The number of ether oxygens (including phenoxy) is 2. The lowest BCUT2D eigenvalue weighted by atomic mass is 9.90. The van der Waals surface area contributed by atoms with Crippen molar-refractivity contribution in [1.29, 1.82) is 0 Å². The van der Waals surface area contributed by atoms with Gasteiger partial charge in [0.05, 0.1) is 19.8 Å². The Morgan fingerprint density at radius 2 is 1.78 bits per heavy atom. The molecule has 0 unspecified atom stereocenters. The van der Waals surface area contributed by atoms with Crippen molar-refractivity contribution in [2.75, 3.05) is 20.8 Å². The molecular weight excluding hydrogens is 362 g/mol. The number of alkyl halides is 3. The Balaban J connectivity index is 1.79. The lowest BCUT2D eigenvalue weighted by Gasteiger charge is -2.28. The van der Waals surface area contributed by atoms with Gasteiger partial charge in [-0.3, -0.25) is 0 Å². The van der Waals surface area contributed by atoms with E-state index in [1.807, 2.05) is 12.1 Å². The second-order valence-corrected chi connectivity index (χ2v) is 6.51. The van der Waals surface area contributed by atoms with E-state index in [0.29, 0.717) is 30.4 Å². The number of rotatable bonds is 5. The summed E-state index contributed by atoms with van der Waals surface area (Å²) in [6.07, 6.45) is -2.82. The Labute approximate surface area is 155 Å². The summed E-state index contributed by atoms with van der Waals surface area (Å²) in [7, 11) is 3.14. The smallest absolute Gasteiger partial charge is 0.416 e. The van der Waals surface area contributed by atoms with Crippen molar-refractivity contribution in [1.82, 2.24) is 5.32 Å². The Morgan fingerprint density at radius 3 is 2.41 bits per heavy atom. The standard InChI is InChI=1S/C20H21F4NO2/c1-26-18-9-13-7-8-25-17(15(13)11-19(18)27-2)6-4-12-3-5-14(10-16(12)21)20(22,23)24/h3,5,9-11,17,25H,4,6-8H2,1-2H3/t17-/m0/s1. The number of hydrogen-bond donors (Lipinski definition) is 1. The average Bonchev–Trinajstić information content (AvgIpc) is 2.65. The molecule has 3 nitrogen and oxygen atoms in total. The first-order valence-electron chi connectivity index (χ1n) is 8.67. The first kappa shape index (κ1) is 19.5. The zero-order valence-corrected chi connectivity index (χ0v) is 15.1. The minimum absolute atomic E-state index is 0.0322. The monoisotopic (exact) mass is 383 g/mol. The summed E-state index contributed by atoms with van der Waals surface area (Å²) >= 11 is 0. The van der Waals surface area contributed by atoms with Crippen LogP contribution in [-0.2, 0) is 19.0 Å². The molecule has 0 aliphatic carbocycles. The van der Waals surface area contributed by atoms with Crippen molar-refractivity contribution in [2.24, 2.45) is 0 Å². The quantitative estimate of drug-likeness (QED) is 0.761. The van der Waals surface area contributed by atoms with Crippen molar-refractivity contribution in [2.45, 2.75) is 31.5 Å². The number of aryl methyl sites for hydroxylation is 1. The van der Waals surface area contributed by atoms with Crippen LogP contribution >= 0.6 is 0 Å². The van der Waals surface area contributed by atoms with Crippen LogP contribution in [0.2, 0.25) is 0 Å². The van der Waals surface area contributed by atoms with E-state index >= 15 is 0 Å². The SMILES string of the molecule is COc1cc2c(cc1OC)[C@H](CCc1ccc(C(F)(F)F)cc1F)NCC2. The van der Waals surface area contributed by atoms with Gasteiger partial charge in [-0.15, -0.1) is 0 Å². The molecule has 1 aliphatic heterocycles. The van der Waals surface area contributed by atoms with Gasteiger partial charge in [0.25, 0.3) is 0 Å². The summed E-state index contributed by atoms with van der Waals surface area (Å²) in [5.41, 5.74) is 1.48. The number of methoxy groups -OCH3 is 2. The van der Waals surface area contributed by atoms with Crippen molar-refractivity contribution in [3.63, 3.8) is 0 Å². The van der Waals surface area contributed by atoms with Gasteiger partial charge in [-0.2, -0.15) is 13.2 Å². The molecule has 2 aromatic carbocycles. The molecule has 1 N–H and O–H groups in total. The van der Waals surface area contributed by atoms with Crippen molar-refractivity contribution >= 4 is 0 Å². The van der Waals surface area contributed by atoms with Crippen LogP contribution in [0.3, 0.4) is 0 Å². The maximum Gasteiger partial charge on any atom is 0.416 e. The molecule has 0 radical (unpaired) electrons. The van der Waals surface area contributed by atoms with E-state index in [4.69, 9.17) is 9.47 Å². The molecule has 0 saturated heterocycles. The van der Waals surface area contributed by atoms with Gasteiger partial charge in [-0.25, -0.2) is 4.39 Å². The number of halogens is 4. The highest BCUT2D eigenvalue weighted by atomic mass is 19.4. The number of benzene rings is 2. The Hall–Kier alpha value is -2.28. The number of fused-ring (bicyclic) bond motifs is 1. The molecule has 0 amide bonds. The van der Waals surface area contributed by atoms with Crippen LogP contribution in [-0.4, -0.2) is 20.8 Å². The second kappa shape index (κ2) is 7.76. The molecule has 1 heterocycles. The molecule has 0 bridgehead atoms. The Morgan fingerprint density at radius 1 is 1.07 bits per heavy atom. The Bertz CT molecular complexity index is 820. The van der Waals surface area contributed by atoms with E-state index in [1.54, 1.807) is 14.2 Å². The second-order valence-electron chi connectivity index (χ2n) is 6.51. The van der Waals surface area contributed by atoms with Crippen LogP contribution in [0.5, 0.6) is 11.5 Å². The molecule has 0 fully saturated rings. The fourth-order valence-electron chi connectivity index (χ4n) is 3.45. The van der Waals surface area contributed by atoms with Crippen LogP contribution in [0, 0.1) is 5.82 Å². The van der Waals surface area contributed by atoms with Gasteiger partial charge < -0.3 is 14.8 Å². The molecule has 1 aliphatic rings. The minimum atomic E-state index is -4.54. The van der Waals surface area contributed by atoms with Crippen molar-refractivity contribution < 1.29 is 27.0 Å². The van der Waals surface area contributed by atoms with E-state index < -0.39 is 17.6 Å². The average molecular weight is 383 g/mol. The first-order valence-corrected chi connectivity index (χ1v) is 8.67. The summed E-state index contributed by atoms with van der Waals surface area (Å²) in [4.78, 5) is 0. The fraction of sp³-hybridized carbons (Fsp3) is 0.400. The maximum absolute atomic E-state index is 14.1. The molecule has 0 aromatic heterocycles. The van der Waals surface area contributed by atoms with Gasteiger partial charge in [-0.1, -0.05) is 6.07 Å². The summed E-state index contributed by atoms with van der Waals surface area (Å²) in [5.74, 6) is 0.449. The van der Waals surface area contributed by atoms with Gasteiger partial charge in [0.2, 0.25) is 0 Å². The predicted molar refractivity (Wildman–Crippen MR) is 93.7 cm³/mol. The third kappa shape index (κ3) is 4.18. The molecule has 3 rings (SSSR count). The van der Waals surface area contributed by atoms with Gasteiger partial charge in [-0.05, 0) is 66.8 Å². The largest absolute Gasteiger partial charge is 0.493 e. The third-order valence-corrected chi connectivity index (χ3v) is 4.89. The fourth-order valence-corrected chi connectivity index (χ4v) is 3.45. The Kier molecular flexibility index (Phi) is 5.60. The van der Waals surface area contributed by atoms with Crippen LogP contribution in [0.4, 0.5) is 17.6 Å². The lowest BCUT2D eigenvalue weighted by Crippen LogP contribution is -2.30. The van der Waals surface area contributed by atoms with Crippen LogP contribution in [0.15, 0.2) is 30.3 Å². The molecule has 2 aromatic rings. The zero-order valence-electron chi connectivity index (χ0n) is 15.1. The molecule has 146 valence electrons. The summed E-state index contributed by atoms with van der Waals surface area (Å²) in [6.45, 7) is 0.767. The zero-order chi connectivity index (χ0) is 19.6. The third-order valence-electron chi connectivity index (χ3n) is 4.89. The van der Waals surface area contributed by atoms with Crippen molar-refractivity contribution in [3.05, 3.63) is 58.4 Å². The topological polar surface area (TPSA) is 30.5 Å². The van der Waals surface area contributed by atoms with E-state index in [9.17, 15) is 17.6 Å². The molecular formula is C20H21F4NO2. The predicted octanol–water partition coefficient (Wildman–Crippen LogP) is 4.68. The van der Waals surface area contributed by atoms with E-state index in [1.165, 1.54) is 6.07 Å². The number of nitrogens with one attached hydrogen (secondary N) is 1. The number of hydrogen-bond acceptors (Lipinski definition) is 3. The summed E-state index contributed by atoms with van der Waals surface area (Å²) in [5, 5.41) is 3.39. The van der Waals surface area contributed by atoms with Gasteiger partial charge in [0.1, 0.15) is 5.82 Å². The first-order chi connectivity index (χ1) is 12.8. The highest BCUT2D eigenvalue weighted by molar-refractivity contribution is 5.49. The van der Waals surface area contributed by atoms with Gasteiger partial charge in [0, 0.05) is 6.04 Å². The summed E-state index contributed by atoms with van der Waals surface area (Å²) < 4.78 is 62.8. The van der Waals surface area contributed by atoms with Crippen molar-refractivity contribution in [3.8, 4) is 11.5 Å². The van der Waals surface area contributed by atoms with E-state index in [0.717, 1.165) is 30.2 Å². The summed E-state index contributed by atoms with van der Waals surface area (Å²) in [6, 6.07) is 6.53. The minimum Gasteiger partial charge on any atom is -0.493 e. The molecule has 0 spiro atoms. The molecule has 1 atom stereocenters.